The molecule has 3 heterocycles. The number of hydrogen-bond acceptors (Lipinski definition) is 3. The third-order valence-corrected chi connectivity index (χ3v) is 5.40. The van der Waals surface area contributed by atoms with E-state index in [0.29, 0.717) is 0 Å². The zero-order valence-electron chi connectivity index (χ0n) is 13.5. The van der Waals surface area contributed by atoms with Gasteiger partial charge in [0.1, 0.15) is 5.67 Å². The fraction of sp³-hybridized carbons (Fsp3) is 0.500. The smallest absolute Gasteiger partial charge is 0.172 e. The van der Waals surface area contributed by atoms with E-state index >= 15 is 4.39 Å². The van der Waals surface area contributed by atoms with Crippen LogP contribution in [0.25, 0.3) is 11.3 Å². The molecule has 2 aromatic rings. The van der Waals surface area contributed by atoms with Crippen molar-refractivity contribution in [2.24, 2.45) is 0 Å². The molecule has 0 bridgehead atoms. The second-order valence-electron chi connectivity index (χ2n) is 7.14. The molecule has 1 unspecified atom stereocenters. The number of nitrogens with zero attached hydrogens (tertiary/aromatic N) is 3. The van der Waals surface area contributed by atoms with E-state index in [0.717, 1.165) is 17.0 Å². The molecule has 6 heteroatoms. The van der Waals surface area contributed by atoms with Crippen molar-refractivity contribution in [1.82, 2.24) is 14.5 Å². The molecule has 1 saturated carbocycles. The Balaban J connectivity index is 1.59. The molecule has 2 aromatic heterocycles. The Bertz CT molecular complexity index is 789. The lowest BCUT2D eigenvalue weighted by atomic mass is 9.75. The first kappa shape index (κ1) is 15.4. The summed E-state index contributed by atoms with van der Waals surface area (Å²) in [7, 11) is 0. The van der Waals surface area contributed by atoms with Gasteiger partial charge in [-0.2, -0.15) is 0 Å². The van der Waals surface area contributed by atoms with Crippen LogP contribution in [-0.4, -0.2) is 31.7 Å². The quantitative estimate of drug-likeness (QED) is 0.859. The predicted molar refractivity (Wildman–Crippen MR) is 85.0 cm³/mol. The fourth-order valence-electron chi connectivity index (χ4n) is 3.79. The average molecular weight is 331 g/mol. The minimum absolute atomic E-state index is 0.0207. The molecule has 0 amide bonds. The highest BCUT2D eigenvalue weighted by Gasteiger charge is 2.47. The van der Waals surface area contributed by atoms with Gasteiger partial charge < -0.3 is 4.57 Å². The van der Waals surface area contributed by atoms with E-state index in [1.807, 2.05) is 16.7 Å². The largest absolute Gasteiger partial charge is 0.321 e. The summed E-state index contributed by atoms with van der Waals surface area (Å²) < 4.78 is 30.9. The molecule has 1 atom stereocenters. The summed E-state index contributed by atoms with van der Waals surface area (Å²) in [5.41, 5.74) is -0.693. The number of hydrogen-bond donors (Lipinski definition) is 0. The topological polar surface area (TPSA) is 47.8 Å². The lowest BCUT2D eigenvalue weighted by Crippen LogP contribution is -2.42. The molecule has 4 nitrogen and oxygen atoms in total. The van der Waals surface area contributed by atoms with Gasteiger partial charge in [-0.05, 0) is 44.7 Å². The minimum Gasteiger partial charge on any atom is -0.321 e. The Morgan fingerprint density at radius 3 is 2.83 bits per heavy atom. The molecule has 0 spiro atoms. The standard InChI is InChI=1S/C18H19F2N3O/c1-17(19)4-6-18(20,7-5-17)15(24)9-13-16-12(3-2-8-22-16)14-10-21-11-23(13)14/h2-3,8,10-11,13H,4-7,9H2,1H3. The molecule has 1 aliphatic heterocycles. The van der Waals surface area contributed by atoms with E-state index in [2.05, 4.69) is 9.97 Å². The van der Waals surface area contributed by atoms with Crippen LogP contribution in [0.3, 0.4) is 0 Å². The third kappa shape index (κ3) is 2.36. The number of imidazole rings is 1. The molecule has 0 saturated heterocycles. The summed E-state index contributed by atoms with van der Waals surface area (Å²) in [6.45, 7) is 1.48. The Morgan fingerprint density at radius 2 is 2.08 bits per heavy atom. The number of alkyl halides is 2. The Labute approximate surface area is 138 Å². The highest BCUT2D eigenvalue weighted by atomic mass is 19.1. The van der Waals surface area contributed by atoms with E-state index in [9.17, 15) is 9.18 Å². The van der Waals surface area contributed by atoms with E-state index in [-0.39, 0.29) is 38.1 Å². The van der Waals surface area contributed by atoms with Crippen LogP contribution >= 0.6 is 0 Å². The lowest BCUT2D eigenvalue weighted by molar-refractivity contribution is -0.135. The monoisotopic (exact) mass is 331 g/mol. The Morgan fingerprint density at radius 1 is 1.33 bits per heavy atom. The summed E-state index contributed by atoms with van der Waals surface area (Å²) in [4.78, 5) is 21.2. The van der Waals surface area contributed by atoms with Crippen molar-refractivity contribution in [1.29, 1.82) is 0 Å². The van der Waals surface area contributed by atoms with Crippen LogP contribution in [0.4, 0.5) is 8.78 Å². The van der Waals surface area contributed by atoms with Gasteiger partial charge in [0.25, 0.3) is 0 Å². The molecule has 0 aromatic carbocycles. The van der Waals surface area contributed by atoms with Gasteiger partial charge in [0.15, 0.2) is 11.5 Å². The van der Waals surface area contributed by atoms with Crippen molar-refractivity contribution < 1.29 is 13.6 Å². The summed E-state index contributed by atoms with van der Waals surface area (Å²) in [6.07, 6.45) is 5.17. The molecule has 126 valence electrons. The third-order valence-electron chi connectivity index (χ3n) is 5.40. The fourth-order valence-corrected chi connectivity index (χ4v) is 3.79. The number of ketones is 1. The van der Waals surface area contributed by atoms with Crippen molar-refractivity contribution in [3.63, 3.8) is 0 Å². The van der Waals surface area contributed by atoms with Gasteiger partial charge in [0.05, 0.1) is 30.0 Å². The summed E-state index contributed by atoms with van der Waals surface area (Å²) in [5, 5.41) is 0. The van der Waals surface area contributed by atoms with Crippen LogP contribution in [0.5, 0.6) is 0 Å². The number of carbonyl (C=O) groups excluding carboxylic acids is 1. The maximum atomic E-state index is 15.1. The first-order valence-corrected chi connectivity index (χ1v) is 8.28. The minimum atomic E-state index is -1.93. The molecule has 0 radical (unpaired) electrons. The molecule has 1 aliphatic carbocycles. The van der Waals surface area contributed by atoms with Crippen molar-refractivity contribution in [3.8, 4) is 11.3 Å². The van der Waals surface area contributed by atoms with Gasteiger partial charge >= 0.3 is 0 Å². The van der Waals surface area contributed by atoms with Crippen molar-refractivity contribution in [3.05, 3.63) is 36.5 Å². The number of Topliss-reactive ketones (excluding diaryl/α,β-unsaturated/α-hetero) is 1. The van der Waals surface area contributed by atoms with E-state index < -0.39 is 17.1 Å². The maximum absolute atomic E-state index is 15.1. The highest BCUT2D eigenvalue weighted by Crippen LogP contribution is 2.44. The maximum Gasteiger partial charge on any atom is 0.172 e. The van der Waals surface area contributed by atoms with Crippen molar-refractivity contribution in [2.45, 2.75) is 56.4 Å². The van der Waals surface area contributed by atoms with Crippen LogP contribution in [-0.2, 0) is 4.79 Å². The summed E-state index contributed by atoms with van der Waals surface area (Å²) in [6, 6.07) is 3.43. The van der Waals surface area contributed by atoms with Gasteiger partial charge in [0, 0.05) is 18.2 Å². The van der Waals surface area contributed by atoms with Crippen LogP contribution in [0.15, 0.2) is 30.9 Å². The second-order valence-corrected chi connectivity index (χ2v) is 7.14. The molecule has 2 aliphatic rings. The Kier molecular flexibility index (Phi) is 3.34. The number of rotatable bonds is 3. The summed E-state index contributed by atoms with van der Waals surface area (Å²) >= 11 is 0. The lowest BCUT2D eigenvalue weighted by Gasteiger charge is -2.35. The number of carbonyl (C=O) groups is 1. The normalized spacial score (nSPS) is 31.5. The van der Waals surface area contributed by atoms with Gasteiger partial charge in [-0.3, -0.25) is 9.78 Å². The first-order valence-electron chi connectivity index (χ1n) is 8.28. The van der Waals surface area contributed by atoms with Crippen LogP contribution in [0.1, 0.15) is 50.8 Å². The van der Waals surface area contributed by atoms with Crippen molar-refractivity contribution in [2.75, 3.05) is 0 Å². The van der Waals surface area contributed by atoms with E-state index in [1.54, 1.807) is 18.7 Å². The van der Waals surface area contributed by atoms with Crippen molar-refractivity contribution >= 4 is 5.78 Å². The van der Waals surface area contributed by atoms with Gasteiger partial charge in [-0.1, -0.05) is 0 Å². The van der Waals surface area contributed by atoms with Gasteiger partial charge in [-0.25, -0.2) is 13.8 Å². The Hall–Kier alpha value is -2.11. The molecule has 1 fully saturated rings. The van der Waals surface area contributed by atoms with E-state index in [1.165, 1.54) is 6.92 Å². The average Bonchev–Trinajstić information content (AvgIpc) is 3.14. The number of fused-ring (bicyclic) bond motifs is 3. The summed E-state index contributed by atoms with van der Waals surface area (Å²) in [5.74, 6) is -0.457. The molecular weight excluding hydrogens is 312 g/mol. The predicted octanol–water partition coefficient (Wildman–Crippen LogP) is 3.82. The zero-order valence-corrected chi connectivity index (χ0v) is 13.5. The molecular formula is C18H19F2N3O. The van der Waals surface area contributed by atoms with Gasteiger partial charge in [0.2, 0.25) is 0 Å². The molecule has 0 N–H and O–H groups in total. The van der Waals surface area contributed by atoms with Crippen LogP contribution in [0, 0.1) is 0 Å². The first-order chi connectivity index (χ1) is 11.4. The number of pyridine rings is 1. The van der Waals surface area contributed by atoms with Gasteiger partial charge in [-0.15, -0.1) is 0 Å². The SMILES string of the molecule is CC1(F)CCC(F)(C(=O)CC2c3ncccc3-c3cncn32)CC1. The number of aromatic nitrogens is 3. The van der Waals surface area contributed by atoms with E-state index in [4.69, 9.17) is 0 Å². The van der Waals surface area contributed by atoms with Crippen LogP contribution in [0.2, 0.25) is 0 Å². The molecule has 4 rings (SSSR count). The molecule has 24 heavy (non-hydrogen) atoms. The highest BCUT2D eigenvalue weighted by molar-refractivity contribution is 5.88. The number of halogens is 2. The zero-order chi connectivity index (χ0) is 16.9. The van der Waals surface area contributed by atoms with Crippen LogP contribution < -0.4 is 0 Å². The second kappa shape index (κ2) is 5.19.